The lowest BCUT2D eigenvalue weighted by molar-refractivity contribution is -0.478. The molecular weight excluding hydrogens is 260 g/mol. The Labute approximate surface area is 108 Å². The molecule has 0 aliphatic heterocycles. The number of amides is 2. The Hall–Kier alpha value is -2.26. The summed E-state index contributed by atoms with van der Waals surface area (Å²) in [5, 5.41) is 24.9. The van der Waals surface area contributed by atoms with Crippen molar-refractivity contribution >= 4 is 11.8 Å². The average molecular weight is 276 g/mol. The lowest BCUT2D eigenvalue weighted by Gasteiger charge is -2.05. The van der Waals surface area contributed by atoms with Crippen LogP contribution in [0.1, 0.15) is 19.3 Å². The van der Waals surface area contributed by atoms with Crippen molar-refractivity contribution < 1.29 is 19.4 Å². The minimum absolute atomic E-state index is 0.178. The molecule has 0 aromatic carbocycles. The van der Waals surface area contributed by atoms with E-state index in [-0.39, 0.29) is 25.9 Å². The van der Waals surface area contributed by atoms with E-state index in [1.807, 2.05) is 0 Å². The van der Waals surface area contributed by atoms with E-state index in [1.54, 1.807) is 0 Å². The van der Waals surface area contributed by atoms with Gasteiger partial charge in [-0.05, 0) is 6.42 Å². The Morgan fingerprint density at radius 3 is 1.53 bits per heavy atom. The van der Waals surface area contributed by atoms with Crippen LogP contribution in [0.15, 0.2) is 0 Å². The van der Waals surface area contributed by atoms with Crippen LogP contribution in [0.3, 0.4) is 0 Å². The van der Waals surface area contributed by atoms with Gasteiger partial charge in [0.25, 0.3) is 0 Å². The van der Waals surface area contributed by atoms with Crippen LogP contribution in [-0.4, -0.2) is 47.8 Å². The molecule has 0 saturated heterocycles. The molecule has 0 aliphatic carbocycles. The molecule has 0 rings (SSSR count). The highest BCUT2D eigenvalue weighted by atomic mass is 16.6. The second-order valence-corrected chi connectivity index (χ2v) is 3.67. The second kappa shape index (κ2) is 9.74. The van der Waals surface area contributed by atoms with Gasteiger partial charge in [0.05, 0.1) is 12.8 Å². The second-order valence-electron chi connectivity index (χ2n) is 3.67. The Kier molecular flexibility index (Phi) is 8.58. The zero-order valence-electron chi connectivity index (χ0n) is 10.3. The first kappa shape index (κ1) is 16.7. The molecule has 2 amide bonds. The molecule has 0 fully saturated rings. The molecular formula is C9H16N4O6. The maximum absolute atomic E-state index is 11.0. The van der Waals surface area contributed by atoms with Crippen LogP contribution in [0.2, 0.25) is 0 Å². The van der Waals surface area contributed by atoms with Crippen molar-refractivity contribution in [3.8, 4) is 0 Å². The third kappa shape index (κ3) is 12.0. The van der Waals surface area contributed by atoms with Crippen LogP contribution in [-0.2, 0) is 9.59 Å². The zero-order chi connectivity index (χ0) is 14.7. The first-order valence-corrected chi connectivity index (χ1v) is 5.69. The zero-order valence-corrected chi connectivity index (χ0v) is 10.3. The van der Waals surface area contributed by atoms with Crippen LogP contribution in [0.4, 0.5) is 0 Å². The van der Waals surface area contributed by atoms with E-state index in [0.717, 1.165) is 0 Å². The summed E-state index contributed by atoms with van der Waals surface area (Å²) >= 11 is 0. The lowest BCUT2D eigenvalue weighted by atomic mass is 10.3. The van der Waals surface area contributed by atoms with Crippen LogP contribution >= 0.6 is 0 Å². The van der Waals surface area contributed by atoms with E-state index in [9.17, 15) is 29.8 Å². The van der Waals surface area contributed by atoms with Gasteiger partial charge >= 0.3 is 0 Å². The summed E-state index contributed by atoms with van der Waals surface area (Å²) in [7, 11) is 0. The van der Waals surface area contributed by atoms with Crippen LogP contribution in [0.25, 0.3) is 0 Å². The number of nitrogens with zero attached hydrogens (tertiary/aromatic N) is 2. The van der Waals surface area contributed by atoms with Gasteiger partial charge in [0.1, 0.15) is 0 Å². The molecule has 0 spiro atoms. The van der Waals surface area contributed by atoms with E-state index in [1.165, 1.54) is 0 Å². The van der Waals surface area contributed by atoms with E-state index < -0.39 is 34.8 Å². The van der Waals surface area contributed by atoms with Crippen LogP contribution in [0.5, 0.6) is 0 Å². The summed E-state index contributed by atoms with van der Waals surface area (Å²) in [5.41, 5.74) is 0. The molecule has 0 saturated carbocycles. The normalized spacial score (nSPS) is 9.68. The van der Waals surface area contributed by atoms with Gasteiger partial charge in [-0.3, -0.25) is 29.8 Å². The number of carbonyl (C=O) groups is 2. The summed E-state index contributed by atoms with van der Waals surface area (Å²) in [4.78, 5) is 40.9. The molecule has 0 atom stereocenters. The molecule has 0 aromatic heterocycles. The van der Waals surface area contributed by atoms with E-state index in [0.29, 0.717) is 6.42 Å². The molecule has 10 heteroatoms. The molecule has 108 valence electrons. The molecule has 0 aliphatic rings. The van der Waals surface area contributed by atoms with Crippen LogP contribution < -0.4 is 10.6 Å². The number of rotatable bonds is 10. The van der Waals surface area contributed by atoms with Crippen molar-refractivity contribution in [3.63, 3.8) is 0 Å². The van der Waals surface area contributed by atoms with E-state index >= 15 is 0 Å². The van der Waals surface area contributed by atoms with Gasteiger partial charge in [-0.25, -0.2) is 0 Å². The van der Waals surface area contributed by atoms with Gasteiger partial charge in [0.2, 0.25) is 24.9 Å². The van der Waals surface area contributed by atoms with Gasteiger partial charge in [-0.2, -0.15) is 0 Å². The van der Waals surface area contributed by atoms with E-state index in [4.69, 9.17) is 0 Å². The molecule has 2 N–H and O–H groups in total. The molecule has 19 heavy (non-hydrogen) atoms. The Morgan fingerprint density at radius 2 is 1.21 bits per heavy atom. The topological polar surface area (TPSA) is 144 Å². The number of nitro groups is 2. The fraction of sp³-hybridized carbons (Fsp3) is 0.778. The maximum Gasteiger partial charge on any atom is 0.226 e. The third-order valence-electron chi connectivity index (χ3n) is 2.04. The molecule has 0 heterocycles. The number of hydrogen-bond acceptors (Lipinski definition) is 6. The summed E-state index contributed by atoms with van der Waals surface area (Å²) < 4.78 is 0. The highest BCUT2D eigenvalue weighted by Crippen LogP contribution is 1.84. The van der Waals surface area contributed by atoms with Crippen molar-refractivity contribution in [1.29, 1.82) is 0 Å². The highest BCUT2D eigenvalue weighted by molar-refractivity contribution is 5.76. The smallest absolute Gasteiger partial charge is 0.226 e. The van der Waals surface area contributed by atoms with Crippen molar-refractivity contribution in [2.24, 2.45) is 0 Å². The predicted octanol–water partition coefficient (Wildman–Crippen LogP) is -1.06. The van der Waals surface area contributed by atoms with Crippen LogP contribution in [0, 0.1) is 20.2 Å². The third-order valence-corrected chi connectivity index (χ3v) is 2.04. The summed E-state index contributed by atoms with van der Waals surface area (Å²) in [6, 6.07) is 0. The fourth-order valence-corrected chi connectivity index (χ4v) is 1.11. The molecule has 0 unspecified atom stereocenters. The largest absolute Gasteiger partial charge is 0.356 e. The van der Waals surface area contributed by atoms with Crippen molar-refractivity contribution in [3.05, 3.63) is 20.2 Å². The Balaban J connectivity index is 3.44. The van der Waals surface area contributed by atoms with Gasteiger partial charge < -0.3 is 10.6 Å². The molecule has 0 aromatic rings. The predicted molar refractivity (Wildman–Crippen MR) is 63.6 cm³/mol. The minimum atomic E-state index is -0.574. The lowest BCUT2D eigenvalue weighted by Crippen LogP contribution is -2.31. The summed E-state index contributed by atoms with van der Waals surface area (Å²) in [6.07, 6.45) is 0.0960. The number of carbonyl (C=O) groups excluding carboxylic acids is 2. The SMILES string of the molecule is O=C(CC[N+](=O)[O-])NCCCNC(=O)CC[N+](=O)[O-]. The Morgan fingerprint density at radius 1 is 0.842 bits per heavy atom. The number of nitrogens with one attached hydrogen (secondary N) is 2. The van der Waals surface area contributed by atoms with Gasteiger partial charge in [-0.15, -0.1) is 0 Å². The fourth-order valence-electron chi connectivity index (χ4n) is 1.11. The molecule has 0 radical (unpaired) electrons. The first-order chi connectivity index (χ1) is 8.91. The van der Waals surface area contributed by atoms with Crippen molar-refractivity contribution in [1.82, 2.24) is 10.6 Å². The van der Waals surface area contributed by atoms with Gasteiger partial charge in [-0.1, -0.05) is 0 Å². The quantitative estimate of drug-likeness (QED) is 0.295. The summed E-state index contributed by atoms with van der Waals surface area (Å²) in [5.74, 6) is -0.840. The van der Waals surface area contributed by atoms with E-state index in [2.05, 4.69) is 10.6 Å². The average Bonchev–Trinajstić information content (AvgIpc) is 2.33. The van der Waals surface area contributed by atoms with Gasteiger partial charge in [0.15, 0.2) is 0 Å². The first-order valence-electron chi connectivity index (χ1n) is 5.69. The standard InChI is InChI=1S/C9H16N4O6/c14-8(2-6-12(16)17)10-4-1-5-11-9(15)3-7-13(18)19/h1-7H2,(H,10,14)(H,11,15). The number of hydrogen-bond donors (Lipinski definition) is 2. The Bertz CT molecular complexity index is 314. The monoisotopic (exact) mass is 276 g/mol. The minimum Gasteiger partial charge on any atom is -0.356 e. The molecule has 0 bridgehead atoms. The molecule has 10 nitrogen and oxygen atoms in total. The van der Waals surface area contributed by atoms with Gasteiger partial charge in [0, 0.05) is 22.9 Å². The highest BCUT2D eigenvalue weighted by Gasteiger charge is 2.07. The van der Waals surface area contributed by atoms with Crippen molar-refractivity contribution in [2.75, 3.05) is 26.2 Å². The summed E-state index contributed by atoms with van der Waals surface area (Å²) in [6.45, 7) is -0.259. The maximum atomic E-state index is 11.0. The van der Waals surface area contributed by atoms with Crippen molar-refractivity contribution in [2.45, 2.75) is 19.3 Å².